The van der Waals surface area contributed by atoms with Crippen LogP contribution in [0.5, 0.6) is 0 Å². The minimum Gasteiger partial charge on any atom is -0.290 e. The summed E-state index contributed by atoms with van der Waals surface area (Å²) in [5.41, 5.74) is 0.0120. The van der Waals surface area contributed by atoms with E-state index in [2.05, 4.69) is 4.98 Å². The van der Waals surface area contributed by atoms with Crippen LogP contribution in [0.15, 0.2) is 33.5 Å². The van der Waals surface area contributed by atoms with Gasteiger partial charge in [-0.25, -0.2) is 4.98 Å². The first kappa shape index (κ1) is 13.2. The van der Waals surface area contributed by atoms with E-state index in [-0.39, 0.29) is 5.56 Å². The lowest BCUT2D eigenvalue weighted by molar-refractivity contribution is 0.728. The SMILES string of the molecule is Cn1c(SCc2ccc(Cl)s2)nc2sccc2c1=O. The highest BCUT2D eigenvalue weighted by molar-refractivity contribution is 7.98. The van der Waals surface area contributed by atoms with E-state index in [1.165, 1.54) is 16.2 Å². The van der Waals surface area contributed by atoms with E-state index in [4.69, 9.17) is 11.6 Å². The summed E-state index contributed by atoms with van der Waals surface area (Å²) in [6, 6.07) is 5.71. The standard InChI is InChI=1S/C12H9ClN2OS3/c1-15-11(16)8-4-5-17-10(8)14-12(15)18-6-7-2-3-9(13)19-7/h2-5H,6H2,1H3. The van der Waals surface area contributed by atoms with Gasteiger partial charge in [-0.05, 0) is 23.6 Å². The summed E-state index contributed by atoms with van der Waals surface area (Å²) in [5, 5.41) is 3.33. The largest absolute Gasteiger partial charge is 0.290 e. The molecule has 98 valence electrons. The molecular weight excluding hydrogens is 320 g/mol. The molecule has 0 radical (unpaired) electrons. The molecule has 3 aromatic heterocycles. The smallest absolute Gasteiger partial charge is 0.262 e. The first-order valence-electron chi connectivity index (χ1n) is 5.46. The van der Waals surface area contributed by atoms with E-state index in [1.54, 1.807) is 34.7 Å². The zero-order chi connectivity index (χ0) is 13.4. The first-order chi connectivity index (χ1) is 9.15. The minimum atomic E-state index is 0.0120. The molecule has 0 amide bonds. The molecule has 3 aromatic rings. The fourth-order valence-corrected chi connectivity index (χ4v) is 4.58. The molecule has 0 saturated carbocycles. The van der Waals surface area contributed by atoms with E-state index in [9.17, 15) is 4.79 Å². The summed E-state index contributed by atoms with van der Waals surface area (Å²) in [7, 11) is 1.76. The topological polar surface area (TPSA) is 34.9 Å². The molecule has 19 heavy (non-hydrogen) atoms. The highest BCUT2D eigenvalue weighted by atomic mass is 35.5. The van der Waals surface area contributed by atoms with Crippen molar-refractivity contribution < 1.29 is 0 Å². The summed E-state index contributed by atoms with van der Waals surface area (Å²) in [6.45, 7) is 0. The second-order valence-electron chi connectivity index (χ2n) is 3.89. The Kier molecular flexibility index (Phi) is 3.66. The molecule has 3 heterocycles. The summed E-state index contributed by atoms with van der Waals surface area (Å²) in [6.07, 6.45) is 0. The van der Waals surface area contributed by atoms with E-state index < -0.39 is 0 Å². The molecule has 0 fully saturated rings. The highest BCUT2D eigenvalue weighted by Gasteiger charge is 2.10. The van der Waals surface area contributed by atoms with Crippen molar-refractivity contribution in [2.45, 2.75) is 10.9 Å². The molecule has 3 rings (SSSR count). The van der Waals surface area contributed by atoms with Gasteiger partial charge in [-0.2, -0.15) is 0 Å². The van der Waals surface area contributed by atoms with Crippen molar-refractivity contribution >= 4 is 56.3 Å². The van der Waals surface area contributed by atoms with Gasteiger partial charge in [0.15, 0.2) is 5.16 Å². The van der Waals surface area contributed by atoms with Gasteiger partial charge < -0.3 is 0 Å². The fraction of sp³-hybridized carbons (Fsp3) is 0.167. The van der Waals surface area contributed by atoms with Crippen LogP contribution in [0.1, 0.15) is 4.88 Å². The predicted molar refractivity (Wildman–Crippen MR) is 83.8 cm³/mol. The molecule has 0 aliphatic carbocycles. The molecule has 0 saturated heterocycles. The summed E-state index contributed by atoms with van der Waals surface area (Å²) in [4.78, 5) is 18.6. The third-order valence-electron chi connectivity index (χ3n) is 2.64. The number of thiophene rings is 2. The van der Waals surface area contributed by atoms with Crippen molar-refractivity contribution in [1.29, 1.82) is 0 Å². The predicted octanol–water partition coefficient (Wildman–Crippen LogP) is 4.00. The Labute approximate surface area is 126 Å². The number of hydrogen-bond acceptors (Lipinski definition) is 5. The quantitative estimate of drug-likeness (QED) is 0.538. The molecular formula is C12H9ClN2OS3. The Morgan fingerprint density at radius 3 is 3.00 bits per heavy atom. The Bertz CT molecular complexity index is 790. The maximum absolute atomic E-state index is 12.1. The van der Waals surface area contributed by atoms with Gasteiger partial charge in [-0.15, -0.1) is 22.7 Å². The Balaban J connectivity index is 1.92. The molecule has 7 heteroatoms. The van der Waals surface area contributed by atoms with Gasteiger partial charge in [0.2, 0.25) is 0 Å². The van der Waals surface area contributed by atoms with Crippen molar-refractivity contribution in [2.75, 3.05) is 0 Å². The number of rotatable bonds is 3. The molecule has 0 aliphatic heterocycles. The lowest BCUT2D eigenvalue weighted by atomic mass is 10.4. The number of nitrogens with zero attached hydrogens (tertiary/aromatic N) is 2. The molecule has 0 spiro atoms. The number of halogens is 1. The van der Waals surface area contributed by atoms with Crippen LogP contribution in [0, 0.1) is 0 Å². The van der Waals surface area contributed by atoms with Crippen molar-refractivity contribution in [3.63, 3.8) is 0 Å². The van der Waals surface area contributed by atoms with Gasteiger partial charge in [-0.3, -0.25) is 9.36 Å². The first-order valence-corrected chi connectivity index (χ1v) is 8.52. The Morgan fingerprint density at radius 2 is 2.26 bits per heavy atom. The summed E-state index contributed by atoms with van der Waals surface area (Å²) in [5.74, 6) is 0.772. The third kappa shape index (κ3) is 2.58. The number of thioether (sulfide) groups is 1. The minimum absolute atomic E-state index is 0.0120. The zero-order valence-corrected chi connectivity index (χ0v) is 13.1. The van der Waals surface area contributed by atoms with Crippen molar-refractivity contribution in [2.24, 2.45) is 7.05 Å². The van der Waals surface area contributed by atoms with Gasteiger partial charge in [0.1, 0.15) is 4.83 Å². The number of hydrogen-bond donors (Lipinski definition) is 0. The third-order valence-corrected chi connectivity index (χ3v) is 5.94. The van der Waals surface area contributed by atoms with E-state index >= 15 is 0 Å². The van der Waals surface area contributed by atoms with Crippen LogP contribution in [0.4, 0.5) is 0 Å². The van der Waals surface area contributed by atoms with E-state index in [1.807, 2.05) is 23.6 Å². The normalized spacial score (nSPS) is 11.3. The van der Waals surface area contributed by atoms with Gasteiger partial charge in [0, 0.05) is 17.7 Å². The molecule has 0 aromatic carbocycles. The number of fused-ring (bicyclic) bond motifs is 1. The molecule has 3 nitrogen and oxygen atoms in total. The fourth-order valence-electron chi connectivity index (χ4n) is 1.67. The van der Waals surface area contributed by atoms with Crippen LogP contribution in [0.25, 0.3) is 10.2 Å². The monoisotopic (exact) mass is 328 g/mol. The maximum atomic E-state index is 12.1. The second-order valence-corrected chi connectivity index (χ2v) is 7.53. The lowest BCUT2D eigenvalue weighted by Crippen LogP contribution is -2.19. The highest BCUT2D eigenvalue weighted by Crippen LogP contribution is 2.28. The van der Waals surface area contributed by atoms with Crippen molar-refractivity contribution in [3.8, 4) is 0 Å². The maximum Gasteiger partial charge on any atom is 0.262 e. The van der Waals surface area contributed by atoms with Crippen molar-refractivity contribution in [1.82, 2.24) is 9.55 Å². The average molecular weight is 329 g/mol. The van der Waals surface area contributed by atoms with Gasteiger partial charge in [0.25, 0.3) is 5.56 Å². The molecule has 0 unspecified atom stereocenters. The van der Waals surface area contributed by atoms with Gasteiger partial charge >= 0.3 is 0 Å². The zero-order valence-electron chi connectivity index (χ0n) is 9.92. The average Bonchev–Trinajstić information content (AvgIpc) is 3.01. The number of aromatic nitrogens is 2. The summed E-state index contributed by atoms with van der Waals surface area (Å²) >= 11 is 10.5. The van der Waals surface area contributed by atoms with E-state index in [0.29, 0.717) is 5.39 Å². The molecule has 0 N–H and O–H groups in total. The van der Waals surface area contributed by atoms with Crippen LogP contribution in [0.2, 0.25) is 4.34 Å². The molecule has 0 aliphatic rings. The van der Waals surface area contributed by atoms with E-state index in [0.717, 1.165) is 20.1 Å². The second kappa shape index (κ2) is 5.28. The van der Waals surface area contributed by atoms with Crippen LogP contribution in [0.3, 0.4) is 0 Å². The lowest BCUT2D eigenvalue weighted by Gasteiger charge is -2.05. The molecule has 0 atom stereocenters. The van der Waals surface area contributed by atoms with Crippen LogP contribution >= 0.6 is 46.0 Å². The van der Waals surface area contributed by atoms with Crippen molar-refractivity contribution in [3.05, 3.63) is 43.1 Å². The Morgan fingerprint density at radius 1 is 1.42 bits per heavy atom. The van der Waals surface area contributed by atoms with Gasteiger partial charge in [-0.1, -0.05) is 23.4 Å². The summed E-state index contributed by atoms with van der Waals surface area (Å²) < 4.78 is 2.39. The Hall–Kier alpha value is -0.820. The van der Waals surface area contributed by atoms with Crippen LogP contribution in [-0.4, -0.2) is 9.55 Å². The van der Waals surface area contributed by atoms with Crippen LogP contribution in [-0.2, 0) is 12.8 Å². The molecule has 0 bridgehead atoms. The van der Waals surface area contributed by atoms with Gasteiger partial charge in [0.05, 0.1) is 9.72 Å². The van der Waals surface area contributed by atoms with Crippen LogP contribution < -0.4 is 5.56 Å².